The maximum Gasteiger partial charge on any atom is 0.101 e. The van der Waals surface area contributed by atoms with Gasteiger partial charge in [0, 0.05) is 19.6 Å². The van der Waals surface area contributed by atoms with Gasteiger partial charge < -0.3 is 10.6 Å². The van der Waals surface area contributed by atoms with Crippen molar-refractivity contribution in [2.24, 2.45) is 11.7 Å². The van der Waals surface area contributed by atoms with E-state index in [1.54, 1.807) is 0 Å². The summed E-state index contributed by atoms with van der Waals surface area (Å²) in [6, 6.07) is 8.84. The van der Waals surface area contributed by atoms with Crippen molar-refractivity contribution >= 4 is 5.69 Å². The van der Waals surface area contributed by atoms with Gasteiger partial charge in [0.2, 0.25) is 0 Å². The summed E-state index contributed by atoms with van der Waals surface area (Å²) >= 11 is 0. The third-order valence-corrected chi connectivity index (χ3v) is 4.25. The summed E-state index contributed by atoms with van der Waals surface area (Å²) in [5.74, 6) is 0.787. The highest BCUT2D eigenvalue weighted by atomic mass is 15.1. The van der Waals surface area contributed by atoms with Gasteiger partial charge in [0.15, 0.2) is 0 Å². The van der Waals surface area contributed by atoms with Gasteiger partial charge in [-0.3, -0.25) is 0 Å². The molecule has 3 nitrogen and oxygen atoms in total. The van der Waals surface area contributed by atoms with E-state index in [4.69, 9.17) is 5.73 Å². The van der Waals surface area contributed by atoms with Crippen molar-refractivity contribution in [3.8, 4) is 6.07 Å². The van der Waals surface area contributed by atoms with Gasteiger partial charge in [-0.1, -0.05) is 25.8 Å². The zero-order valence-electron chi connectivity index (χ0n) is 11.9. The summed E-state index contributed by atoms with van der Waals surface area (Å²) in [4.78, 5) is 2.29. The molecule has 2 unspecified atom stereocenters. The van der Waals surface area contributed by atoms with Crippen LogP contribution in [-0.2, 0) is 6.54 Å². The van der Waals surface area contributed by atoms with E-state index in [0.29, 0.717) is 12.6 Å². The number of hydrogen-bond donors (Lipinski definition) is 1. The lowest BCUT2D eigenvalue weighted by Gasteiger charge is -2.36. The minimum Gasteiger partial charge on any atom is -0.371 e. The van der Waals surface area contributed by atoms with E-state index >= 15 is 0 Å². The van der Waals surface area contributed by atoms with Gasteiger partial charge in [0.05, 0.1) is 11.3 Å². The van der Waals surface area contributed by atoms with Gasteiger partial charge in [0.1, 0.15) is 6.07 Å². The fourth-order valence-corrected chi connectivity index (χ4v) is 3.06. The first-order valence-electron chi connectivity index (χ1n) is 7.11. The summed E-state index contributed by atoms with van der Waals surface area (Å²) in [5.41, 5.74) is 8.44. The molecule has 1 aliphatic carbocycles. The van der Waals surface area contributed by atoms with Crippen LogP contribution in [0, 0.1) is 17.2 Å². The van der Waals surface area contributed by atoms with Crippen molar-refractivity contribution in [2.45, 2.75) is 45.2 Å². The maximum absolute atomic E-state index is 9.32. The zero-order valence-corrected chi connectivity index (χ0v) is 11.9. The number of nitriles is 1. The highest BCUT2D eigenvalue weighted by molar-refractivity contribution is 5.60. The number of nitrogens with two attached hydrogens (primary N) is 1. The van der Waals surface area contributed by atoms with Crippen LogP contribution in [0.15, 0.2) is 18.2 Å². The van der Waals surface area contributed by atoms with Crippen LogP contribution in [0.5, 0.6) is 0 Å². The van der Waals surface area contributed by atoms with Crippen LogP contribution < -0.4 is 10.6 Å². The summed E-state index contributed by atoms with van der Waals surface area (Å²) in [6.45, 7) is 2.81. The third kappa shape index (κ3) is 3.08. The lowest BCUT2D eigenvalue weighted by atomic mass is 9.86. The SMILES string of the molecule is CC1CCCC(N(C)c2ccc(CN)cc2C#N)C1. The molecule has 1 saturated carbocycles. The lowest BCUT2D eigenvalue weighted by Crippen LogP contribution is -2.36. The van der Waals surface area contributed by atoms with Crippen molar-refractivity contribution < 1.29 is 0 Å². The molecular weight excluding hydrogens is 234 g/mol. The molecule has 0 aliphatic heterocycles. The van der Waals surface area contributed by atoms with Crippen LogP contribution in [0.1, 0.15) is 43.7 Å². The minimum absolute atomic E-state index is 0.485. The summed E-state index contributed by atoms with van der Waals surface area (Å²) in [5, 5.41) is 9.32. The topological polar surface area (TPSA) is 53.0 Å². The van der Waals surface area contributed by atoms with Gasteiger partial charge in [-0.15, -0.1) is 0 Å². The summed E-state index contributed by atoms with van der Waals surface area (Å²) in [7, 11) is 2.11. The number of benzene rings is 1. The van der Waals surface area contributed by atoms with Crippen molar-refractivity contribution in [2.75, 3.05) is 11.9 Å². The molecule has 0 bridgehead atoms. The van der Waals surface area contributed by atoms with E-state index in [-0.39, 0.29) is 0 Å². The molecule has 2 atom stereocenters. The Hall–Kier alpha value is -1.53. The Balaban J connectivity index is 2.23. The Labute approximate surface area is 116 Å². The molecule has 2 rings (SSSR count). The smallest absolute Gasteiger partial charge is 0.101 e. The first kappa shape index (κ1) is 13.9. The van der Waals surface area contributed by atoms with Crippen molar-refractivity contribution in [1.29, 1.82) is 5.26 Å². The third-order valence-electron chi connectivity index (χ3n) is 4.25. The number of anilines is 1. The van der Waals surface area contributed by atoms with Crippen molar-refractivity contribution in [1.82, 2.24) is 0 Å². The van der Waals surface area contributed by atoms with E-state index in [0.717, 1.165) is 22.7 Å². The van der Waals surface area contributed by atoms with E-state index in [1.165, 1.54) is 25.7 Å². The fourth-order valence-electron chi connectivity index (χ4n) is 3.06. The Bertz CT molecular complexity index is 475. The van der Waals surface area contributed by atoms with E-state index in [2.05, 4.69) is 24.9 Å². The largest absolute Gasteiger partial charge is 0.371 e. The van der Waals surface area contributed by atoms with Crippen LogP contribution in [0.2, 0.25) is 0 Å². The Morgan fingerprint density at radius 1 is 1.42 bits per heavy atom. The molecule has 19 heavy (non-hydrogen) atoms. The molecule has 1 aliphatic rings. The van der Waals surface area contributed by atoms with Gasteiger partial charge >= 0.3 is 0 Å². The first-order valence-corrected chi connectivity index (χ1v) is 7.11. The van der Waals surface area contributed by atoms with E-state index in [9.17, 15) is 5.26 Å². The number of nitrogens with zero attached hydrogens (tertiary/aromatic N) is 2. The fraction of sp³-hybridized carbons (Fsp3) is 0.562. The molecule has 1 aromatic carbocycles. The average Bonchev–Trinajstić information content (AvgIpc) is 2.45. The van der Waals surface area contributed by atoms with Gasteiger partial charge in [-0.2, -0.15) is 5.26 Å². The highest BCUT2D eigenvalue weighted by Gasteiger charge is 2.23. The highest BCUT2D eigenvalue weighted by Crippen LogP contribution is 2.31. The second kappa shape index (κ2) is 6.08. The van der Waals surface area contributed by atoms with Gasteiger partial charge in [0.25, 0.3) is 0 Å². The maximum atomic E-state index is 9.32. The van der Waals surface area contributed by atoms with Crippen LogP contribution in [0.3, 0.4) is 0 Å². The molecule has 0 saturated heterocycles. The van der Waals surface area contributed by atoms with E-state index in [1.807, 2.05) is 18.2 Å². The monoisotopic (exact) mass is 257 g/mol. The van der Waals surface area contributed by atoms with Crippen LogP contribution in [0.25, 0.3) is 0 Å². The van der Waals surface area contributed by atoms with Crippen LogP contribution in [-0.4, -0.2) is 13.1 Å². The van der Waals surface area contributed by atoms with Gasteiger partial charge in [-0.25, -0.2) is 0 Å². The van der Waals surface area contributed by atoms with Crippen molar-refractivity contribution in [3.05, 3.63) is 29.3 Å². The molecule has 0 aromatic heterocycles. The molecule has 1 aromatic rings. The molecule has 102 valence electrons. The molecule has 0 spiro atoms. The Morgan fingerprint density at radius 2 is 2.21 bits per heavy atom. The second-order valence-corrected chi connectivity index (χ2v) is 5.70. The Kier molecular flexibility index (Phi) is 4.44. The minimum atomic E-state index is 0.485. The lowest BCUT2D eigenvalue weighted by molar-refractivity contribution is 0.336. The standard InChI is InChI=1S/C16H23N3/c1-12-4-3-5-15(8-12)19(2)16-7-6-13(10-17)9-14(16)11-18/h6-7,9,12,15H,3-5,8,10,17H2,1-2H3. The molecule has 0 radical (unpaired) electrons. The number of rotatable bonds is 3. The second-order valence-electron chi connectivity index (χ2n) is 5.70. The first-order chi connectivity index (χ1) is 9.15. The quantitative estimate of drug-likeness (QED) is 0.905. The zero-order chi connectivity index (χ0) is 13.8. The predicted molar refractivity (Wildman–Crippen MR) is 78.9 cm³/mol. The van der Waals surface area contributed by atoms with Gasteiger partial charge in [-0.05, 0) is 36.5 Å². The predicted octanol–water partition coefficient (Wildman–Crippen LogP) is 3.03. The normalized spacial score (nSPS) is 22.8. The average molecular weight is 257 g/mol. The molecule has 3 heteroatoms. The summed E-state index contributed by atoms with van der Waals surface area (Å²) < 4.78 is 0. The van der Waals surface area contributed by atoms with E-state index < -0.39 is 0 Å². The summed E-state index contributed by atoms with van der Waals surface area (Å²) in [6.07, 6.45) is 5.07. The molecular formula is C16H23N3. The number of hydrogen-bond acceptors (Lipinski definition) is 3. The molecule has 0 heterocycles. The molecule has 2 N–H and O–H groups in total. The Morgan fingerprint density at radius 3 is 2.84 bits per heavy atom. The molecule has 0 amide bonds. The van der Waals surface area contributed by atoms with Crippen molar-refractivity contribution in [3.63, 3.8) is 0 Å². The van der Waals surface area contributed by atoms with Crippen LogP contribution in [0.4, 0.5) is 5.69 Å². The molecule has 1 fully saturated rings. The van der Waals surface area contributed by atoms with Crippen LogP contribution >= 0.6 is 0 Å².